The van der Waals surface area contributed by atoms with Gasteiger partial charge in [-0.25, -0.2) is 4.99 Å². The zero-order chi connectivity index (χ0) is 21.1. The Morgan fingerprint density at radius 3 is 2.30 bits per heavy atom. The number of ether oxygens (including phenoxy) is 1. The fourth-order valence-corrected chi connectivity index (χ4v) is 2.59. The van der Waals surface area contributed by atoms with Crippen molar-refractivity contribution in [1.82, 2.24) is 16.0 Å². The summed E-state index contributed by atoms with van der Waals surface area (Å²) in [6.07, 6.45) is 0. The van der Waals surface area contributed by atoms with E-state index < -0.39 is 0 Å². The molecule has 2 aromatic carbocycles. The molecule has 0 heterocycles. The number of nitrogens with one attached hydrogen (secondary N) is 3. The summed E-state index contributed by atoms with van der Waals surface area (Å²) in [5, 5.41) is 9.15. The summed E-state index contributed by atoms with van der Waals surface area (Å²) >= 11 is 0. The number of nitrogens with zero attached hydrogens (tertiary/aromatic N) is 1. The van der Waals surface area contributed by atoms with E-state index >= 15 is 0 Å². The molecule has 0 unspecified atom stereocenters. The standard InChI is InChI=1S/C23H32N4O2.HI/c1-5-24-22(27-17-21(28)25-15-18-11-7-6-8-12-18)26-16-19-13-9-10-14-20(19)29-23(2,3)4;/h6-14H,5,15-17H2,1-4H3,(H,25,28)(H2,24,26,27);1H. The van der Waals surface area contributed by atoms with Crippen molar-refractivity contribution >= 4 is 35.8 Å². The van der Waals surface area contributed by atoms with E-state index in [0.29, 0.717) is 25.6 Å². The van der Waals surface area contributed by atoms with Crippen molar-refractivity contribution in [2.24, 2.45) is 4.99 Å². The van der Waals surface area contributed by atoms with Gasteiger partial charge in [0.05, 0.1) is 13.1 Å². The molecule has 0 aliphatic rings. The predicted octanol–water partition coefficient (Wildman–Crippen LogP) is 3.85. The molecule has 0 atom stereocenters. The number of benzene rings is 2. The molecule has 0 aromatic heterocycles. The van der Waals surface area contributed by atoms with Gasteiger partial charge in [0, 0.05) is 18.7 Å². The molecule has 0 aliphatic heterocycles. The third kappa shape index (κ3) is 9.96. The summed E-state index contributed by atoms with van der Waals surface area (Å²) in [7, 11) is 0. The number of halogens is 1. The molecule has 0 bridgehead atoms. The maximum Gasteiger partial charge on any atom is 0.239 e. The van der Waals surface area contributed by atoms with Crippen LogP contribution < -0.4 is 20.7 Å². The predicted molar refractivity (Wildman–Crippen MR) is 133 cm³/mol. The SMILES string of the molecule is CCNC(=NCc1ccccc1OC(C)(C)C)NCC(=O)NCc1ccccc1.I. The summed E-state index contributed by atoms with van der Waals surface area (Å²) in [6, 6.07) is 17.7. The lowest BCUT2D eigenvalue weighted by molar-refractivity contribution is -0.120. The van der Waals surface area contributed by atoms with Gasteiger partial charge < -0.3 is 20.7 Å². The van der Waals surface area contributed by atoms with E-state index in [1.54, 1.807) is 0 Å². The van der Waals surface area contributed by atoms with Gasteiger partial charge in [0.15, 0.2) is 5.96 Å². The largest absolute Gasteiger partial charge is 0.488 e. The molecular formula is C23H33IN4O2. The Balaban J connectivity index is 0.00000450. The number of hydrogen-bond acceptors (Lipinski definition) is 3. The fourth-order valence-electron chi connectivity index (χ4n) is 2.59. The quantitative estimate of drug-likeness (QED) is 0.279. The van der Waals surface area contributed by atoms with Crippen LogP contribution in [0.5, 0.6) is 5.75 Å². The summed E-state index contributed by atoms with van der Waals surface area (Å²) < 4.78 is 6.02. The topological polar surface area (TPSA) is 74.8 Å². The minimum absolute atomic E-state index is 0. The minimum atomic E-state index is -0.278. The van der Waals surface area contributed by atoms with Crippen molar-refractivity contribution in [3.8, 4) is 5.75 Å². The Morgan fingerprint density at radius 2 is 1.63 bits per heavy atom. The zero-order valence-electron chi connectivity index (χ0n) is 18.2. The monoisotopic (exact) mass is 524 g/mol. The van der Waals surface area contributed by atoms with E-state index in [1.807, 2.05) is 82.3 Å². The number of rotatable bonds is 8. The Labute approximate surface area is 196 Å². The van der Waals surface area contributed by atoms with E-state index in [9.17, 15) is 4.79 Å². The maximum atomic E-state index is 12.1. The lowest BCUT2D eigenvalue weighted by Gasteiger charge is -2.23. The highest BCUT2D eigenvalue weighted by molar-refractivity contribution is 14.0. The highest BCUT2D eigenvalue weighted by atomic mass is 127. The van der Waals surface area contributed by atoms with Crippen LogP contribution in [0.15, 0.2) is 59.6 Å². The molecule has 30 heavy (non-hydrogen) atoms. The molecule has 1 amide bonds. The molecule has 7 heteroatoms. The average Bonchev–Trinajstić information content (AvgIpc) is 2.69. The summed E-state index contributed by atoms with van der Waals surface area (Å²) in [5.74, 6) is 1.32. The van der Waals surface area contributed by atoms with Crippen LogP contribution in [0, 0.1) is 0 Å². The van der Waals surface area contributed by atoms with Crippen LogP contribution in [-0.2, 0) is 17.9 Å². The zero-order valence-corrected chi connectivity index (χ0v) is 20.5. The molecule has 0 saturated carbocycles. The summed E-state index contributed by atoms with van der Waals surface area (Å²) in [4.78, 5) is 16.7. The molecule has 6 nitrogen and oxygen atoms in total. The Hall–Kier alpha value is -2.29. The van der Waals surface area contributed by atoms with E-state index in [1.165, 1.54) is 0 Å². The van der Waals surface area contributed by atoms with E-state index in [-0.39, 0.29) is 42.0 Å². The molecule has 0 aliphatic carbocycles. The number of amides is 1. The molecule has 0 fully saturated rings. The second-order valence-corrected chi connectivity index (χ2v) is 7.63. The van der Waals surface area contributed by atoms with Gasteiger partial charge in [-0.2, -0.15) is 0 Å². The second-order valence-electron chi connectivity index (χ2n) is 7.63. The molecule has 0 radical (unpaired) electrons. The first kappa shape index (κ1) is 25.7. The van der Waals surface area contributed by atoms with Gasteiger partial charge in [0.25, 0.3) is 0 Å². The second kappa shape index (κ2) is 13.1. The number of para-hydroxylation sites is 1. The Morgan fingerprint density at radius 1 is 0.967 bits per heavy atom. The van der Waals surface area contributed by atoms with Gasteiger partial charge in [-0.15, -0.1) is 24.0 Å². The van der Waals surface area contributed by atoms with E-state index in [4.69, 9.17) is 4.74 Å². The van der Waals surface area contributed by atoms with Crippen LogP contribution in [0.4, 0.5) is 0 Å². The first-order chi connectivity index (χ1) is 13.9. The number of carbonyl (C=O) groups is 1. The van der Waals surface area contributed by atoms with Gasteiger partial charge in [0.1, 0.15) is 11.4 Å². The van der Waals surface area contributed by atoms with Crippen molar-refractivity contribution in [3.63, 3.8) is 0 Å². The van der Waals surface area contributed by atoms with Crippen LogP contribution in [0.3, 0.4) is 0 Å². The van der Waals surface area contributed by atoms with Crippen LogP contribution in [0.1, 0.15) is 38.8 Å². The smallest absolute Gasteiger partial charge is 0.239 e. The third-order valence-electron chi connectivity index (χ3n) is 3.89. The molecular weight excluding hydrogens is 491 g/mol. The average molecular weight is 524 g/mol. The number of guanidine groups is 1. The van der Waals surface area contributed by atoms with Gasteiger partial charge in [0.2, 0.25) is 5.91 Å². The first-order valence-electron chi connectivity index (χ1n) is 9.97. The lowest BCUT2D eigenvalue weighted by Crippen LogP contribution is -2.43. The normalized spacial score (nSPS) is 11.3. The molecule has 164 valence electrons. The Kier molecular flexibility index (Phi) is 11.2. The van der Waals surface area contributed by atoms with E-state index in [2.05, 4.69) is 20.9 Å². The summed E-state index contributed by atoms with van der Waals surface area (Å²) in [6.45, 7) is 9.87. The molecule has 2 rings (SSSR count). The lowest BCUT2D eigenvalue weighted by atomic mass is 10.1. The van der Waals surface area contributed by atoms with Crippen molar-refractivity contribution < 1.29 is 9.53 Å². The van der Waals surface area contributed by atoms with Gasteiger partial charge in [-0.05, 0) is 39.3 Å². The van der Waals surface area contributed by atoms with E-state index in [0.717, 1.165) is 16.9 Å². The van der Waals surface area contributed by atoms with Gasteiger partial charge >= 0.3 is 0 Å². The Bertz CT molecular complexity index is 804. The highest BCUT2D eigenvalue weighted by Gasteiger charge is 2.14. The van der Waals surface area contributed by atoms with Crippen molar-refractivity contribution in [3.05, 3.63) is 65.7 Å². The minimum Gasteiger partial charge on any atom is -0.488 e. The van der Waals surface area contributed by atoms with Crippen LogP contribution in [0.2, 0.25) is 0 Å². The summed E-state index contributed by atoms with van der Waals surface area (Å²) in [5.41, 5.74) is 1.78. The first-order valence-corrected chi connectivity index (χ1v) is 9.97. The number of hydrogen-bond donors (Lipinski definition) is 3. The number of aliphatic imine (C=N–C) groups is 1. The van der Waals surface area contributed by atoms with Crippen LogP contribution in [0.25, 0.3) is 0 Å². The fraction of sp³-hybridized carbons (Fsp3) is 0.391. The van der Waals surface area contributed by atoms with Gasteiger partial charge in [-0.3, -0.25) is 4.79 Å². The molecule has 2 aromatic rings. The molecule has 3 N–H and O–H groups in total. The van der Waals surface area contributed by atoms with Crippen molar-refractivity contribution in [2.75, 3.05) is 13.1 Å². The maximum absolute atomic E-state index is 12.1. The van der Waals surface area contributed by atoms with Crippen molar-refractivity contribution in [1.29, 1.82) is 0 Å². The molecule has 0 saturated heterocycles. The van der Waals surface area contributed by atoms with Crippen LogP contribution >= 0.6 is 24.0 Å². The van der Waals surface area contributed by atoms with Crippen LogP contribution in [-0.4, -0.2) is 30.6 Å². The molecule has 0 spiro atoms. The van der Waals surface area contributed by atoms with Crippen molar-refractivity contribution in [2.45, 2.75) is 46.4 Å². The third-order valence-corrected chi connectivity index (χ3v) is 3.89. The highest BCUT2D eigenvalue weighted by Crippen LogP contribution is 2.23. The number of carbonyl (C=O) groups excluding carboxylic acids is 1. The van der Waals surface area contributed by atoms with Gasteiger partial charge in [-0.1, -0.05) is 48.5 Å².